The zero-order valence-corrected chi connectivity index (χ0v) is 10.5. The maximum absolute atomic E-state index is 11.8. The molecule has 1 atom stereocenters. The van der Waals surface area contributed by atoms with Crippen LogP contribution in [0.3, 0.4) is 0 Å². The van der Waals surface area contributed by atoms with Gasteiger partial charge in [0.1, 0.15) is 0 Å². The van der Waals surface area contributed by atoms with E-state index < -0.39 is 0 Å². The van der Waals surface area contributed by atoms with Crippen molar-refractivity contribution in [3.63, 3.8) is 0 Å². The highest BCUT2D eigenvalue weighted by atomic mass is 16.5. The fourth-order valence-corrected chi connectivity index (χ4v) is 1.38. The topological polar surface area (TPSA) is 58.6 Å². The molecular weight excluding hydrogens is 218 g/mol. The molecule has 0 aliphatic carbocycles. The number of hydrogen-bond acceptors (Lipinski definition) is 3. The Morgan fingerprint density at radius 2 is 2.24 bits per heavy atom. The lowest BCUT2D eigenvalue weighted by molar-refractivity contribution is 0.0944. The number of para-hydroxylation sites is 1. The van der Waals surface area contributed by atoms with Crippen LogP contribution in [0.1, 0.15) is 30.6 Å². The summed E-state index contributed by atoms with van der Waals surface area (Å²) >= 11 is 0. The van der Waals surface area contributed by atoms with Crippen LogP contribution < -0.4 is 10.1 Å². The van der Waals surface area contributed by atoms with Crippen molar-refractivity contribution >= 4 is 5.91 Å². The predicted octanol–water partition coefficient (Wildman–Crippen LogP) is 2.18. The molecule has 0 radical (unpaired) electrons. The van der Waals surface area contributed by atoms with E-state index in [4.69, 9.17) is 4.74 Å². The van der Waals surface area contributed by atoms with Crippen LogP contribution in [0.4, 0.5) is 0 Å². The summed E-state index contributed by atoms with van der Waals surface area (Å²) in [6.07, 6.45) is 1.00. The largest absolute Gasteiger partial charge is 0.504 e. The van der Waals surface area contributed by atoms with Crippen molar-refractivity contribution in [2.24, 2.45) is 5.92 Å². The Morgan fingerprint density at radius 1 is 1.53 bits per heavy atom. The Bertz CT molecular complexity index is 390. The standard InChI is InChI=1S/C13H19NO3/c1-4-9(2)8-14-13(16)10-6-5-7-11(17-3)12(10)15/h5-7,9,15H,4,8H2,1-3H3,(H,14,16). The minimum absolute atomic E-state index is 0.114. The fraction of sp³-hybridized carbons (Fsp3) is 0.462. The van der Waals surface area contributed by atoms with Crippen LogP contribution in [0.25, 0.3) is 0 Å². The molecular formula is C13H19NO3. The highest BCUT2D eigenvalue weighted by Crippen LogP contribution is 2.29. The lowest BCUT2D eigenvalue weighted by Crippen LogP contribution is -2.28. The lowest BCUT2D eigenvalue weighted by atomic mass is 10.1. The molecule has 0 aromatic heterocycles. The molecule has 0 saturated carbocycles. The van der Waals surface area contributed by atoms with Gasteiger partial charge in [-0.1, -0.05) is 26.3 Å². The Hall–Kier alpha value is -1.71. The van der Waals surface area contributed by atoms with E-state index in [1.54, 1.807) is 18.2 Å². The predicted molar refractivity (Wildman–Crippen MR) is 66.4 cm³/mol. The van der Waals surface area contributed by atoms with Gasteiger partial charge in [-0.05, 0) is 18.1 Å². The van der Waals surface area contributed by atoms with E-state index in [9.17, 15) is 9.90 Å². The van der Waals surface area contributed by atoms with Crippen molar-refractivity contribution in [1.82, 2.24) is 5.32 Å². The number of phenolic OH excluding ortho intramolecular Hbond substituents is 1. The van der Waals surface area contributed by atoms with Gasteiger partial charge in [0.15, 0.2) is 11.5 Å². The highest BCUT2D eigenvalue weighted by molar-refractivity contribution is 5.97. The summed E-state index contributed by atoms with van der Waals surface area (Å²) in [5.74, 6) is 0.339. The number of ether oxygens (including phenoxy) is 1. The first-order valence-electron chi connectivity index (χ1n) is 5.74. The number of methoxy groups -OCH3 is 1. The van der Waals surface area contributed by atoms with Crippen molar-refractivity contribution in [1.29, 1.82) is 0 Å². The van der Waals surface area contributed by atoms with Gasteiger partial charge in [-0.2, -0.15) is 0 Å². The Balaban J connectivity index is 2.75. The molecule has 2 N–H and O–H groups in total. The SMILES string of the molecule is CCC(C)CNC(=O)c1cccc(OC)c1O. The molecule has 0 bridgehead atoms. The van der Waals surface area contributed by atoms with Crippen molar-refractivity contribution in [3.8, 4) is 11.5 Å². The average molecular weight is 237 g/mol. The van der Waals surface area contributed by atoms with Gasteiger partial charge < -0.3 is 15.2 Å². The molecule has 4 heteroatoms. The van der Waals surface area contributed by atoms with E-state index in [1.807, 2.05) is 0 Å². The van der Waals surface area contributed by atoms with E-state index in [0.29, 0.717) is 18.2 Å². The number of amides is 1. The molecule has 1 rings (SSSR count). The van der Waals surface area contributed by atoms with E-state index in [-0.39, 0.29) is 17.2 Å². The minimum Gasteiger partial charge on any atom is -0.504 e. The van der Waals surface area contributed by atoms with Gasteiger partial charge in [-0.15, -0.1) is 0 Å². The second-order valence-corrected chi connectivity index (χ2v) is 4.08. The zero-order chi connectivity index (χ0) is 12.8. The van der Waals surface area contributed by atoms with Crippen LogP contribution >= 0.6 is 0 Å². The average Bonchev–Trinajstić information content (AvgIpc) is 2.35. The van der Waals surface area contributed by atoms with Gasteiger partial charge in [0, 0.05) is 6.54 Å². The fourth-order valence-electron chi connectivity index (χ4n) is 1.38. The molecule has 1 aromatic carbocycles. The normalized spacial score (nSPS) is 11.9. The quantitative estimate of drug-likeness (QED) is 0.825. The molecule has 4 nitrogen and oxygen atoms in total. The van der Waals surface area contributed by atoms with E-state index in [1.165, 1.54) is 7.11 Å². The summed E-state index contributed by atoms with van der Waals surface area (Å²) in [6, 6.07) is 4.86. The van der Waals surface area contributed by atoms with Crippen LogP contribution in [0, 0.1) is 5.92 Å². The number of hydrogen-bond donors (Lipinski definition) is 2. The van der Waals surface area contributed by atoms with Crippen LogP contribution in [-0.4, -0.2) is 24.7 Å². The number of benzene rings is 1. The van der Waals surface area contributed by atoms with Gasteiger partial charge in [0.05, 0.1) is 12.7 Å². The number of aromatic hydroxyl groups is 1. The number of carbonyl (C=O) groups is 1. The molecule has 0 saturated heterocycles. The maximum Gasteiger partial charge on any atom is 0.255 e. The molecule has 17 heavy (non-hydrogen) atoms. The molecule has 1 aromatic rings. The van der Waals surface area contributed by atoms with E-state index >= 15 is 0 Å². The third-order valence-corrected chi connectivity index (χ3v) is 2.77. The van der Waals surface area contributed by atoms with Gasteiger partial charge >= 0.3 is 0 Å². The first-order valence-corrected chi connectivity index (χ1v) is 5.74. The Morgan fingerprint density at radius 3 is 2.82 bits per heavy atom. The van der Waals surface area contributed by atoms with Gasteiger partial charge in [0.2, 0.25) is 0 Å². The molecule has 1 amide bonds. The lowest BCUT2D eigenvalue weighted by Gasteiger charge is -2.12. The molecule has 0 spiro atoms. The molecule has 94 valence electrons. The summed E-state index contributed by atoms with van der Waals surface area (Å²) in [5.41, 5.74) is 0.243. The summed E-state index contributed by atoms with van der Waals surface area (Å²) in [7, 11) is 1.45. The molecule has 1 unspecified atom stereocenters. The number of nitrogens with one attached hydrogen (secondary N) is 1. The van der Waals surface area contributed by atoms with E-state index in [2.05, 4.69) is 19.2 Å². The first kappa shape index (κ1) is 13.4. The third-order valence-electron chi connectivity index (χ3n) is 2.77. The van der Waals surface area contributed by atoms with Crippen LogP contribution in [0.15, 0.2) is 18.2 Å². The molecule has 0 heterocycles. The van der Waals surface area contributed by atoms with Gasteiger partial charge in [-0.25, -0.2) is 0 Å². The third kappa shape index (κ3) is 3.37. The monoisotopic (exact) mass is 237 g/mol. The highest BCUT2D eigenvalue weighted by Gasteiger charge is 2.14. The smallest absolute Gasteiger partial charge is 0.255 e. The second-order valence-electron chi connectivity index (χ2n) is 4.08. The molecule has 0 aliphatic rings. The number of rotatable bonds is 5. The first-order chi connectivity index (χ1) is 8.10. The summed E-state index contributed by atoms with van der Waals surface area (Å²) in [6.45, 7) is 4.73. The summed E-state index contributed by atoms with van der Waals surface area (Å²) in [4.78, 5) is 11.8. The van der Waals surface area contributed by atoms with Crippen LogP contribution in [0.2, 0.25) is 0 Å². The van der Waals surface area contributed by atoms with Gasteiger partial charge in [0.25, 0.3) is 5.91 Å². The summed E-state index contributed by atoms with van der Waals surface area (Å²) in [5, 5.41) is 12.6. The maximum atomic E-state index is 11.8. The Labute approximate surface area is 102 Å². The summed E-state index contributed by atoms with van der Waals surface area (Å²) < 4.78 is 4.95. The minimum atomic E-state index is -0.276. The second kappa shape index (κ2) is 6.13. The van der Waals surface area contributed by atoms with Crippen molar-refractivity contribution in [2.45, 2.75) is 20.3 Å². The molecule has 0 aliphatic heterocycles. The number of carbonyl (C=O) groups excluding carboxylic acids is 1. The van der Waals surface area contributed by atoms with Crippen molar-refractivity contribution in [2.75, 3.05) is 13.7 Å². The van der Waals surface area contributed by atoms with Crippen LogP contribution in [0.5, 0.6) is 11.5 Å². The van der Waals surface area contributed by atoms with E-state index in [0.717, 1.165) is 6.42 Å². The molecule has 0 fully saturated rings. The van der Waals surface area contributed by atoms with Gasteiger partial charge in [-0.3, -0.25) is 4.79 Å². The zero-order valence-electron chi connectivity index (χ0n) is 10.5. The van der Waals surface area contributed by atoms with Crippen LogP contribution in [-0.2, 0) is 0 Å². The van der Waals surface area contributed by atoms with Crippen molar-refractivity contribution in [3.05, 3.63) is 23.8 Å². The number of phenols is 1. The Kier molecular flexibility index (Phi) is 4.82. The van der Waals surface area contributed by atoms with Crippen molar-refractivity contribution < 1.29 is 14.6 Å².